The fourth-order valence-electron chi connectivity index (χ4n) is 14.5. The number of azide groups is 1. The Labute approximate surface area is 514 Å². The monoisotopic (exact) mass is 1240 g/mol. The number of fused-ring (bicyclic) bond motifs is 6. The topological polar surface area (TPSA) is 278 Å². The normalized spacial score (nSPS) is 35.6. The van der Waals surface area contributed by atoms with Gasteiger partial charge in [0, 0.05) is 75.6 Å². The van der Waals surface area contributed by atoms with Gasteiger partial charge >= 0.3 is 5.97 Å². The van der Waals surface area contributed by atoms with Gasteiger partial charge in [-0.25, -0.2) is 4.85 Å². The molecule has 25 heteroatoms. The molecule has 0 amide bonds. The highest BCUT2D eigenvalue weighted by molar-refractivity contribution is 7.92. The van der Waals surface area contributed by atoms with Crippen molar-refractivity contribution >= 4 is 33.2 Å². The second-order valence-electron chi connectivity index (χ2n) is 24.9. The van der Waals surface area contributed by atoms with Crippen LogP contribution in [-0.2, 0) is 87.8 Å². The number of methoxy groups -OCH3 is 1. The lowest BCUT2D eigenvalue weighted by atomic mass is 9.81. The lowest BCUT2D eigenvalue weighted by Crippen LogP contribution is -2.61. The predicted octanol–water partition coefficient (Wildman–Crippen LogP) is 7.50. The Hall–Kier alpha value is -4.98. The van der Waals surface area contributed by atoms with E-state index in [1.165, 1.54) is 18.3 Å². The fraction of sp³-hybridized carbons (Fsp3) is 0.714. The maximum atomic E-state index is 14.5. The lowest BCUT2D eigenvalue weighted by Gasteiger charge is -2.47. The van der Waals surface area contributed by atoms with Crippen LogP contribution in [0, 0.1) is 18.4 Å². The van der Waals surface area contributed by atoms with Crippen LogP contribution in [0.5, 0.6) is 0 Å². The Bertz CT molecular complexity index is 2970. The number of ketones is 1. The quantitative estimate of drug-likeness (QED) is 0.0214. The van der Waals surface area contributed by atoms with Gasteiger partial charge in [0.05, 0.1) is 126 Å². The van der Waals surface area contributed by atoms with Crippen molar-refractivity contribution in [2.45, 2.75) is 218 Å². The van der Waals surface area contributed by atoms with Crippen LogP contribution < -0.4 is 4.31 Å². The zero-order chi connectivity index (χ0) is 61.5. The van der Waals surface area contributed by atoms with E-state index < -0.39 is 64.3 Å². The number of Topliss-reactive ketones (excluding diaryl/α,β-unsaturated/α-hetero) is 1. The molecule has 1 N–H and O–H groups in total. The number of ether oxygens (including phenoxy) is 13. The van der Waals surface area contributed by atoms with Crippen molar-refractivity contribution in [1.29, 1.82) is 0 Å². The van der Waals surface area contributed by atoms with Gasteiger partial charge < -0.3 is 66.7 Å². The number of pyridine rings is 1. The maximum absolute atomic E-state index is 14.5. The summed E-state index contributed by atoms with van der Waals surface area (Å²) in [6.07, 6.45) is 3.03. The van der Waals surface area contributed by atoms with E-state index in [1.807, 2.05) is 0 Å². The van der Waals surface area contributed by atoms with Crippen molar-refractivity contribution in [2.75, 3.05) is 64.1 Å². The van der Waals surface area contributed by atoms with Crippen LogP contribution in [0.15, 0.2) is 77.0 Å². The Morgan fingerprint density at radius 1 is 0.830 bits per heavy atom. The highest BCUT2D eigenvalue weighted by Crippen LogP contribution is 2.54. The average molecular weight is 1250 g/mol. The maximum Gasteiger partial charge on any atom is 0.306 e. The van der Waals surface area contributed by atoms with Crippen molar-refractivity contribution in [3.8, 4) is 0 Å². The molecule has 10 aliphatic rings. The lowest BCUT2D eigenvalue weighted by molar-refractivity contribution is -0.292. The SMILES string of the molecule is [C-]#[N+]c1ccc(S(=O)(=O)N(CCOCCOCCOCCN=[N+]=[N-])c2ccc(COC(=O)CC[C@@H](O)C[C@H]3O[C@H]4C[C@H]5O[C@@H](CC[C@@H]6O[C@@H](CC[C@@]78C[C@H]9O[C@H]%10[C@@H](O7)[C@H]7O[C@H](CC[C@@H]7O[C@H]%10[C@H]9O8)CC(=O)C[C@@H]4[C@H]3OC)CC6=C)C[C@@H](C)C5=C)cc2)nc1. The number of carbonyl (C=O) groups excluding carboxylic acids is 2. The number of hydrogen-bond donors (Lipinski definition) is 1. The number of aliphatic hydroxyl groups excluding tert-OH is 1. The molecule has 12 bridgehead atoms. The minimum atomic E-state index is -4.22. The molecule has 88 heavy (non-hydrogen) atoms. The predicted molar refractivity (Wildman–Crippen MR) is 314 cm³/mol. The van der Waals surface area contributed by atoms with Crippen molar-refractivity contribution in [3.05, 3.63) is 94.3 Å². The smallest absolute Gasteiger partial charge is 0.306 e. The molecule has 10 fully saturated rings. The number of aliphatic hydroxyl groups is 1. The summed E-state index contributed by atoms with van der Waals surface area (Å²) >= 11 is 0. The van der Waals surface area contributed by atoms with E-state index in [0.29, 0.717) is 56.6 Å². The first kappa shape index (κ1) is 64.5. The van der Waals surface area contributed by atoms with Crippen LogP contribution in [0.2, 0.25) is 0 Å². The molecule has 1 aromatic carbocycles. The Balaban J connectivity index is 0.709. The van der Waals surface area contributed by atoms with Crippen LogP contribution in [0.1, 0.15) is 109 Å². The summed E-state index contributed by atoms with van der Waals surface area (Å²) in [5.41, 5.74) is 11.5. The third kappa shape index (κ3) is 15.0. The number of rotatable bonds is 23. The molecule has 480 valence electrons. The first-order chi connectivity index (χ1) is 42.6. The van der Waals surface area contributed by atoms with E-state index in [4.69, 9.17) is 73.7 Å². The number of esters is 1. The zero-order valence-corrected chi connectivity index (χ0v) is 51.1. The second-order valence-corrected chi connectivity index (χ2v) is 26.7. The van der Waals surface area contributed by atoms with Gasteiger partial charge in [-0.15, -0.1) is 0 Å². The second kappa shape index (κ2) is 29.1. The van der Waals surface area contributed by atoms with Gasteiger partial charge in [-0.3, -0.25) is 18.9 Å². The van der Waals surface area contributed by atoms with E-state index in [0.717, 1.165) is 47.6 Å². The van der Waals surface area contributed by atoms with Crippen molar-refractivity contribution in [2.24, 2.45) is 17.0 Å². The van der Waals surface area contributed by atoms with Crippen LogP contribution >= 0.6 is 0 Å². The summed E-state index contributed by atoms with van der Waals surface area (Å²) in [4.78, 5) is 37.9. The molecular weight excluding hydrogens is 1160 g/mol. The van der Waals surface area contributed by atoms with Gasteiger partial charge in [-0.2, -0.15) is 8.42 Å². The summed E-state index contributed by atoms with van der Waals surface area (Å²) in [5.74, 6) is -1.60. The van der Waals surface area contributed by atoms with Crippen LogP contribution in [0.25, 0.3) is 15.3 Å². The molecule has 0 unspecified atom stereocenters. The Kier molecular flexibility index (Phi) is 21.3. The molecule has 12 rings (SSSR count). The summed E-state index contributed by atoms with van der Waals surface area (Å²) in [5, 5.41) is 14.7. The molecule has 1 spiro atoms. The summed E-state index contributed by atoms with van der Waals surface area (Å²) in [6.45, 7) is 19.8. The third-order valence-electron chi connectivity index (χ3n) is 19.0. The number of nitrogens with zero attached hydrogens (tertiary/aromatic N) is 6. The molecule has 24 nitrogen and oxygen atoms in total. The van der Waals surface area contributed by atoms with E-state index >= 15 is 0 Å². The Morgan fingerprint density at radius 3 is 2.32 bits per heavy atom. The molecular formula is C63H84N6O18S. The fourth-order valence-corrected chi connectivity index (χ4v) is 15.9. The van der Waals surface area contributed by atoms with Gasteiger partial charge in [-0.05, 0) is 97.7 Å². The molecule has 0 saturated carbocycles. The highest BCUT2D eigenvalue weighted by atomic mass is 32.2. The van der Waals surface area contributed by atoms with E-state index in [9.17, 15) is 23.1 Å². The Morgan fingerprint density at radius 2 is 1.56 bits per heavy atom. The first-order valence-corrected chi connectivity index (χ1v) is 32.8. The zero-order valence-electron chi connectivity index (χ0n) is 50.3. The number of carbonyl (C=O) groups is 2. The largest absolute Gasteiger partial charge is 0.461 e. The molecule has 0 aliphatic carbocycles. The van der Waals surface area contributed by atoms with Crippen molar-refractivity contribution in [1.82, 2.24) is 4.98 Å². The average Bonchev–Trinajstić information content (AvgIpc) is 1.56. The minimum absolute atomic E-state index is 0.0107. The summed E-state index contributed by atoms with van der Waals surface area (Å²) < 4.78 is 112. The molecule has 10 saturated heterocycles. The summed E-state index contributed by atoms with van der Waals surface area (Å²) in [7, 11) is -2.62. The van der Waals surface area contributed by atoms with Gasteiger partial charge in [0.2, 0.25) is 5.69 Å². The van der Waals surface area contributed by atoms with Crippen LogP contribution in [-0.4, -0.2) is 194 Å². The summed E-state index contributed by atoms with van der Waals surface area (Å²) in [6, 6.07) is 9.14. The molecule has 19 atom stereocenters. The van der Waals surface area contributed by atoms with Crippen molar-refractivity contribution in [3.63, 3.8) is 0 Å². The first-order valence-electron chi connectivity index (χ1n) is 31.3. The van der Waals surface area contributed by atoms with Crippen LogP contribution in [0.4, 0.5) is 11.4 Å². The van der Waals surface area contributed by atoms with Gasteiger partial charge in [-0.1, -0.05) is 43.4 Å². The standard InChI is InChI=1S/C63H84N6O18S/c1-37-28-45-12-14-49-38(2)29-47(80-49)18-19-63-34-54-59(86-63)60-61(85-54)62(87-63)58-50(84-60)15-13-46(82-58)30-44(71)31-48-52(33-51(81-45)39(37)3)83-53(57(48)75-5)32-43(70)11-17-56(72)79-36-40-6-9-42(10-7-40)69(88(73,74)55-16-8-41(65-4)35-66-55)21-23-77-25-27-78-26-24-76-22-20-67-68-64/h6-10,16,35,37,43,45-54,57-62,70H,2-3,11-15,17-34,36H2,1,5H3/t37-,43-,45+,46-,47+,48+,49+,50+,51-,52+,53-,54-,57-,58+,59+,60+,61-,62+,63+/m1/s1. The molecule has 10 aliphatic heterocycles. The number of benzene rings is 1. The van der Waals surface area contributed by atoms with Gasteiger partial charge in [0.25, 0.3) is 10.0 Å². The minimum Gasteiger partial charge on any atom is -0.461 e. The van der Waals surface area contributed by atoms with Crippen LogP contribution in [0.3, 0.4) is 0 Å². The molecule has 0 radical (unpaired) electrons. The van der Waals surface area contributed by atoms with Gasteiger partial charge in [0.15, 0.2) is 10.8 Å². The molecule has 2 aromatic rings. The third-order valence-corrected chi connectivity index (χ3v) is 20.7. The number of aromatic nitrogens is 1. The van der Waals surface area contributed by atoms with E-state index in [2.05, 4.69) is 39.9 Å². The van der Waals surface area contributed by atoms with Gasteiger partial charge in [0.1, 0.15) is 42.9 Å². The number of sulfonamides is 1. The molecule has 11 heterocycles. The van der Waals surface area contributed by atoms with E-state index in [-0.39, 0.29) is 162 Å². The van der Waals surface area contributed by atoms with Crippen molar-refractivity contribution < 1.29 is 84.7 Å². The van der Waals surface area contributed by atoms with E-state index in [1.54, 1.807) is 31.4 Å². The number of hydrogen-bond acceptors (Lipinski definition) is 20. The highest BCUT2D eigenvalue weighted by Gasteiger charge is 2.69. The number of anilines is 1. The molecule has 1 aromatic heterocycles.